The van der Waals surface area contributed by atoms with Crippen LogP contribution in [-0.2, 0) is 4.74 Å². The van der Waals surface area contributed by atoms with Gasteiger partial charge in [0.25, 0.3) is 0 Å². The number of carbonyl (C=O) groups is 1. The quantitative estimate of drug-likeness (QED) is 0.0604. The van der Waals surface area contributed by atoms with Gasteiger partial charge in [0.1, 0.15) is 5.60 Å². The smallest absolute Gasteiger partial charge is 0.414 e. The van der Waals surface area contributed by atoms with Gasteiger partial charge in [0.15, 0.2) is 0 Å². The summed E-state index contributed by atoms with van der Waals surface area (Å²) in [6.45, 7) is 13.4. The molecule has 1 heterocycles. The Labute approximate surface area is 321 Å². The van der Waals surface area contributed by atoms with E-state index in [0.29, 0.717) is 11.8 Å². The number of unbranched alkanes of at least 4 members (excludes halogenated alkanes) is 31. The Bertz CT molecular complexity index is 798. The third-order valence-corrected chi connectivity index (χ3v) is 11.7. The van der Waals surface area contributed by atoms with Crippen molar-refractivity contribution in [2.45, 2.75) is 272 Å². The van der Waals surface area contributed by atoms with Crippen LogP contribution >= 0.6 is 0 Å². The summed E-state index contributed by atoms with van der Waals surface area (Å²) in [4.78, 5) is 14.7. The van der Waals surface area contributed by atoms with E-state index in [0.717, 1.165) is 6.54 Å². The SMILES string of the molecule is CC=C1C(C(CCCCCCC)CCCCCCCCCCCCCCCCCCCCCCCCCCCCCC)CN1C(=O)OC(C)(C)C. The van der Waals surface area contributed by atoms with Crippen molar-refractivity contribution in [1.82, 2.24) is 4.90 Å². The second-order valence-electron chi connectivity index (χ2n) is 17.7. The molecule has 1 aliphatic rings. The average molecular weight is 716 g/mol. The lowest BCUT2D eigenvalue weighted by molar-refractivity contribution is 0.00823. The Kier molecular flexibility index (Phi) is 31.6. The number of hydrogen-bond acceptors (Lipinski definition) is 2. The van der Waals surface area contributed by atoms with Gasteiger partial charge in [-0.05, 0) is 46.5 Å². The summed E-state index contributed by atoms with van der Waals surface area (Å²) in [7, 11) is 0. The Morgan fingerprint density at radius 1 is 0.549 bits per heavy atom. The first-order valence-corrected chi connectivity index (χ1v) is 23.5. The monoisotopic (exact) mass is 716 g/mol. The van der Waals surface area contributed by atoms with Gasteiger partial charge >= 0.3 is 6.09 Å². The number of carbonyl (C=O) groups excluding carboxylic acids is 1. The highest BCUT2D eigenvalue weighted by molar-refractivity contribution is 5.72. The minimum absolute atomic E-state index is 0.167. The molecule has 2 unspecified atom stereocenters. The van der Waals surface area contributed by atoms with E-state index >= 15 is 0 Å². The number of hydrogen-bond donors (Lipinski definition) is 0. The van der Waals surface area contributed by atoms with Crippen molar-refractivity contribution in [1.29, 1.82) is 0 Å². The van der Waals surface area contributed by atoms with Crippen LogP contribution in [0.5, 0.6) is 0 Å². The van der Waals surface area contributed by atoms with E-state index in [1.165, 1.54) is 230 Å². The highest BCUT2D eigenvalue weighted by atomic mass is 16.6. The van der Waals surface area contributed by atoms with Gasteiger partial charge < -0.3 is 4.74 Å². The zero-order valence-electron chi connectivity index (χ0n) is 36.0. The van der Waals surface area contributed by atoms with E-state index < -0.39 is 5.60 Å². The molecule has 0 spiro atoms. The van der Waals surface area contributed by atoms with E-state index in [1.54, 1.807) is 0 Å². The number of allylic oxidation sites excluding steroid dienone is 1. The first kappa shape index (κ1) is 48.0. The van der Waals surface area contributed by atoms with E-state index in [2.05, 4.69) is 26.8 Å². The van der Waals surface area contributed by atoms with Crippen molar-refractivity contribution in [3.05, 3.63) is 11.8 Å². The molecule has 0 bridgehead atoms. The molecular weight excluding hydrogens is 623 g/mol. The maximum atomic E-state index is 12.8. The molecule has 302 valence electrons. The molecule has 3 nitrogen and oxygen atoms in total. The number of ether oxygens (including phenoxy) is 1. The van der Waals surface area contributed by atoms with Crippen molar-refractivity contribution < 1.29 is 9.53 Å². The standard InChI is InChI=1S/C48H93NO2/c1-7-10-12-14-15-16-17-18-19-20-21-22-23-24-25-26-27-28-29-30-31-32-33-34-35-36-38-40-42-44(41-39-37-13-11-8-2)45-43-49(46(45)9-3)47(50)51-48(4,5)6/h9,44-45H,7-8,10-43H2,1-6H3. The molecule has 0 aliphatic carbocycles. The Morgan fingerprint density at radius 2 is 0.824 bits per heavy atom. The summed E-state index contributed by atoms with van der Waals surface area (Å²) >= 11 is 0. The molecule has 3 heteroatoms. The van der Waals surface area contributed by atoms with Crippen molar-refractivity contribution in [2.24, 2.45) is 11.8 Å². The molecule has 0 saturated carbocycles. The number of amides is 1. The van der Waals surface area contributed by atoms with Crippen molar-refractivity contribution >= 4 is 6.09 Å². The van der Waals surface area contributed by atoms with Crippen molar-refractivity contribution in [2.75, 3.05) is 6.54 Å². The number of likely N-dealkylation sites (tertiary alicyclic amines) is 1. The minimum Gasteiger partial charge on any atom is -0.443 e. The largest absolute Gasteiger partial charge is 0.443 e. The van der Waals surface area contributed by atoms with E-state index in [4.69, 9.17) is 4.74 Å². The third kappa shape index (κ3) is 27.3. The highest BCUT2D eigenvalue weighted by Gasteiger charge is 2.42. The second-order valence-corrected chi connectivity index (χ2v) is 17.7. The summed E-state index contributed by atoms with van der Waals surface area (Å²) in [5.41, 5.74) is 0.771. The Balaban J connectivity index is 1.97. The van der Waals surface area contributed by atoms with Crippen LogP contribution in [0.3, 0.4) is 0 Å². The van der Waals surface area contributed by atoms with Gasteiger partial charge in [-0.3, -0.25) is 4.90 Å². The van der Waals surface area contributed by atoms with Gasteiger partial charge in [0.2, 0.25) is 0 Å². The van der Waals surface area contributed by atoms with Crippen LogP contribution in [0.1, 0.15) is 266 Å². The molecule has 1 amide bonds. The zero-order chi connectivity index (χ0) is 37.3. The van der Waals surface area contributed by atoms with Crippen LogP contribution in [0, 0.1) is 11.8 Å². The molecule has 0 N–H and O–H groups in total. The third-order valence-electron chi connectivity index (χ3n) is 11.7. The normalized spacial score (nSPS) is 16.2. The van der Waals surface area contributed by atoms with E-state index in [-0.39, 0.29) is 6.09 Å². The topological polar surface area (TPSA) is 29.5 Å². The highest BCUT2D eigenvalue weighted by Crippen LogP contribution is 2.40. The molecule has 1 saturated heterocycles. The maximum absolute atomic E-state index is 12.8. The van der Waals surface area contributed by atoms with Gasteiger partial charge in [0, 0.05) is 18.2 Å². The number of nitrogens with zero attached hydrogens (tertiary/aromatic N) is 1. The van der Waals surface area contributed by atoms with Crippen LogP contribution in [0.2, 0.25) is 0 Å². The molecule has 1 aliphatic heterocycles. The van der Waals surface area contributed by atoms with Gasteiger partial charge in [-0.1, -0.05) is 232 Å². The molecule has 1 fully saturated rings. The second kappa shape index (κ2) is 33.6. The van der Waals surface area contributed by atoms with Crippen LogP contribution in [-0.4, -0.2) is 23.1 Å². The fourth-order valence-corrected chi connectivity index (χ4v) is 8.37. The predicted octanol–water partition coefficient (Wildman–Crippen LogP) is 17.1. The summed E-state index contributed by atoms with van der Waals surface area (Å²) < 4.78 is 5.69. The molecule has 1 rings (SSSR count). The summed E-state index contributed by atoms with van der Waals surface area (Å²) in [6.07, 6.45) is 52.0. The van der Waals surface area contributed by atoms with Crippen LogP contribution in [0.4, 0.5) is 4.79 Å². The predicted molar refractivity (Wildman–Crippen MR) is 227 cm³/mol. The van der Waals surface area contributed by atoms with Crippen LogP contribution < -0.4 is 0 Å². The molecule has 0 radical (unpaired) electrons. The minimum atomic E-state index is -0.440. The summed E-state index contributed by atoms with van der Waals surface area (Å²) in [5.74, 6) is 1.24. The average Bonchev–Trinajstić information content (AvgIpc) is 3.08. The first-order chi connectivity index (χ1) is 24.8. The van der Waals surface area contributed by atoms with Gasteiger partial charge in [-0.25, -0.2) is 4.79 Å². The Morgan fingerprint density at radius 3 is 1.08 bits per heavy atom. The van der Waals surface area contributed by atoms with E-state index in [1.807, 2.05) is 25.7 Å². The lowest BCUT2D eigenvalue weighted by atomic mass is 9.76. The molecule has 2 atom stereocenters. The lowest BCUT2D eigenvalue weighted by Gasteiger charge is -2.46. The molecule has 0 aromatic heterocycles. The molecule has 0 aromatic rings. The zero-order valence-corrected chi connectivity index (χ0v) is 36.0. The maximum Gasteiger partial charge on any atom is 0.414 e. The summed E-state index contributed by atoms with van der Waals surface area (Å²) in [6, 6.07) is 0. The van der Waals surface area contributed by atoms with Gasteiger partial charge in [-0.15, -0.1) is 0 Å². The lowest BCUT2D eigenvalue weighted by Crippen LogP contribution is -2.52. The van der Waals surface area contributed by atoms with Crippen molar-refractivity contribution in [3.8, 4) is 0 Å². The van der Waals surface area contributed by atoms with E-state index in [9.17, 15) is 4.79 Å². The van der Waals surface area contributed by atoms with Gasteiger partial charge in [0.05, 0.1) is 0 Å². The Hall–Kier alpha value is -0.990. The fraction of sp³-hybridized carbons (Fsp3) is 0.938. The molecule has 0 aromatic carbocycles. The van der Waals surface area contributed by atoms with Crippen LogP contribution in [0.15, 0.2) is 11.8 Å². The van der Waals surface area contributed by atoms with Crippen molar-refractivity contribution in [3.63, 3.8) is 0 Å². The molecule has 51 heavy (non-hydrogen) atoms. The first-order valence-electron chi connectivity index (χ1n) is 23.5. The van der Waals surface area contributed by atoms with Crippen LogP contribution in [0.25, 0.3) is 0 Å². The fourth-order valence-electron chi connectivity index (χ4n) is 8.37. The van der Waals surface area contributed by atoms with Gasteiger partial charge in [-0.2, -0.15) is 0 Å². The molecular formula is C48H93NO2. The number of rotatable bonds is 36. The summed E-state index contributed by atoms with van der Waals surface area (Å²) in [5, 5.41) is 0.